The SMILES string of the molecule is CN(CCC1CCC(/C=C/C(=O)O)CC1)C(=O)OC(C)(C)C. The van der Waals surface area contributed by atoms with Crippen molar-refractivity contribution in [3.8, 4) is 0 Å². The van der Waals surface area contributed by atoms with Crippen molar-refractivity contribution in [2.75, 3.05) is 13.6 Å². The Morgan fingerprint density at radius 1 is 1.23 bits per heavy atom. The molecule has 0 aromatic rings. The zero-order valence-corrected chi connectivity index (χ0v) is 14.2. The van der Waals surface area contributed by atoms with Gasteiger partial charge >= 0.3 is 12.1 Å². The first-order chi connectivity index (χ1) is 10.2. The number of nitrogens with zero attached hydrogens (tertiary/aromatic N) is 1. The Hall–Kier alpha value is -1.52. The minimum Gasteiger partial charge on any atom is -0.478 e. The quantitative estimate of drug-likeness (QED) is 0.786. The molecule has 1 N–H and O–H groups in total. The number of hydrogen-bond donors (Lipinski definition) is 1. The smallest absolute Gasteiger partial charge is 0.410 e. The number of rotatable bonds is 5. The summed E-state index contributed by atoms with van der Waals surface area (Å²) in [6.07, 6.45) is 8.02. The molecule has 0 saturated heterocycles. The normalized spacial score (nSPS) is 22.5. The van der Waals surface area contributed by atoms with Crippen molar-refractivity contribution in [3.05, 3.63) is 12.2 Å². The summed E-state index contributed by atoms with van der Waals surface area (Å²) in [7, 11) is 1.77. The lowest BCUT2D eigenvalue weighted by Gasteiger charge is -2.29. The number of hydrogen-bond acceptors (Lipinski definition) is 3. The fourth-order valence-electron chi connectivity index (χ4n) is 2.70. The van der Waals surface area contributed by atoms with Crippen LogP contribution in [0.3, 0.4) is 0 Å². The Labute approximate surface area is 133 Å². The highest BCUT2D eigenvalue weighted by atomic mass is 16.6. The fraction of sp³-hybridized carbons (Fsp3) is 0.765. The van der Waals surface area contributed by atoms with Crippen LogP contribution >= 0.6 is 0 Å². The lowest BCUT2D eigenvalue weighted by Crippen LogP contribution is -2.35. The van der Waals surface area contributed by atoms with E-state index in [4.69, 9.17) is 9.84 Å². The molecule has 0 unspecified atom stereocenters. The molecule has 0 aromatic carbocycles. The minimum atomic E-state index is -0.874. The molecule has 1 saturated carbocycles. The lowest BCUT2D eigenvalue weighted by molar-refractivity contribution is -0.131. The Bertz CT molecular complexity index is 403. The molecule has 1 rings (SSSR count). The molecule has 22 heavy (non-hydrogen) atoms. The number of amides is 1. The maximum atomic E-state index is 11.9. The van der Waals surface area contributed by atoms with Gasteiger partial charge in [-0.05, 0) is 64.7 Å². The molecule has 0 spiro atoms. The molecule has 0 bridgehead atoms. The topological polar surface area (TPSA) is 66.8 Å². The number of ether oxygens (including phenoxy) is 1. The van der Waals surface area contributed by atoms with Crippen molar-refractivity contribution in [1.29, 1.82) is 0 Å². The molecule has 0 heterocycles. The van der Waals surface area contributed by atoms with E-state index in [0.29, 0.717) is 18.4 Å². The van der Waals surface area contributed by atoms with Crippen LogP contribution < -0.4 is 0 Å². The molecule has 5 nitrogen and oxygen atoms in total. The van der Waals surface area contributed by atoms with E-state index < -0.39 is 11.6 Å². The van der Waals surface area contributed by atoms with E-state index in [2.05, 4.69) is 0 Å². The van der Waals surface area contributed by atoms with Gasteiger partial charge in [0.05, 0.1) is 0 Å². The van der Waals surface area contributed by atoms with Crippen LogP contribution in [0.15, 0.2) is 12.2 Å². The van der Waals surface area contributed by atoms with Gasteiger partial charge in [-0.3, -0.25) is 0 Å². The maximum absolute atomic E-state index is 11.9. The average molecular weight is 311 g/mol. The van der Waals surface area contributed by atoms with Crippen LogP contribution in [0.25, 0.3) is 0 Å². The van der Waals surface area contributed by atoms with Crippen molar-refractivity contribution >= 4 is 12.1 Å². The number of allylic oxidation sites excluding steroid dienone is 1. The van der Waals surface area contributed by atoms with E-state index in [1.165, 1.54) is 6.08 Å². The van der Waals surface area contributed by atoms with Gasteiger partial charge in [0.25, 0.3) is 0 Å². The van der Waals surface area contributed by atoms with E-state index in [-0.39, 0.29) is 6.09 Å². The molecule has 5 heteroatoms. The number of carboxylic acid groups (broad SMARTS) is 1. The first-order valence-corrected chi connectivity index (χ1v) is 8.02. The van der Waals surface area contributed by atoms with Crippen LogP contribution in [0.4, 0.5) is 4.79 Å². The highest BCUT2D eigenvalue weighted by Gasteiger charge is 2.23. The molecule has 1 aliphatic rings. The second kappa shape index (κ2) is 8.20. The van der Waals surface area contributed by atoms with E-state index in [1.807, 2.05) is 26.8 Å². The van der Waals surface area contributed by atoms with Gasteiger partial charge in [-0.15, -0.1) is 0 Å². The van der Waals surface area contributed by atoms with Crippen LogP contribution in [-0.2, 0) is 9.53 Å². The number of carbonyl (C=O) groups excluding carboxylic acids is 1. The van der Waals surface area contributed by atoms with Crippen LogP contribution in [0.2, 0.25) is 0 Å². The predicted molar refractivity (Wildman–Crippen MR) is 85.7 cm³/mol. The summed E-state index contributed by atoms with van der Waals surface area (Å²) in [5, 5.41) is 8.64. The zero-order valence-electron chi connectivity index (χ0n) is 14.2. The summed E-state index contributed by atoms with van der Waals surface area (Å²) < 4.78 is 5.33. The first kappa shape index (κ1) is 18.5. The zero-order chi connectivity index (χ0) is 16.8. The summed E-state index contributed by atoms with van der Waals surface area (Å²) in [6, 6.07) is 0. The minimum absolute atomic E-state index is 0.273. The van der Waals surface area contributed by atoms with Gasteiger partial charge in [0.2, 0.25) is 0 Å². The Kier molecular flexibility index (Phi) is 6.91. The Morgan fingerprint density at radius 3 is 2.32 bits per heavy atom. The van der Waals surface area contributed by atoms with Gasteiger partial charge < -0.3 is 14.7 Å². The van der Waals surface area contributed by atoms with Crippen LogP contribution in [0.5, 0.6) is 0 Å². The summed E-state index contributed by atoms with van der Waals surface area (Å²) >= 11 is 0. The summed E-state index contributed by atoms with van der Waals surface area (Å²) in [5.41, 5.74) is -0.458. The molecular weight excluding hydrogens is 282 g/mol. The largest absolute Gasteiger partial charge is 0.478 e. The van der Waals surface area contributed by atoms with Gasteiger partial charge in [0.15, 0.2) is 0 Å². The van der Waals surface area contributed by atoms with Crippen LogP contribution in [0, 0.1) is 11.8 Å². The molecule has 0 atom stereocenters. The third kappa shape index (κ3) is 7.48. The van der Waals surface area contributed by atoms with Crippen LogP contribution in [0.1, 0.15) is 52.9 Å². The third-order valence-corrected chi connectivity index (χ3v) is 3.98. The van der Waals surface area contributed by atoms with Crippen molar-refractivity contribution in [2.45, 2.75) is 58.5 Å². The van der Waals surface area contributed by atoms with E-state index >= 15 is 0 Å². The molecule has 1 amide bonds. The molecule has 0 radical (unpaired) electrons. The van der Waals surface area contributed by atoms with Crippen molar-refractivity contribution in [3.63, 3.8) is 0 Å². The fourth-order valence-corrected chi connectivity index (χ4v) is 2.70. The van der Waals surface area contributed by atoms with Gasteiger partial charge in [-0.1, -0.05) is 6.08 Å². The lowest BCUT2D eigenvalue weighted by atomic mass is 9.80. The van der Waals surface area contributed by atoms with E-state index in [1.54, 1.807) is 11.9 Å². The van der Waals surface area contributed by atoms with Crippen molar-refractivity contribution in [1.82, 2.24) is 4.90 Å². The van der Waals surface area contributed by atoms with E-state index in [9.17, 15) is 9.59 Å². The highest BCUT2D eigenvalue weighted by Crippen LogP contribution is 2.31. The average Bonchev–Trinajstić information content (AvgIpc) is 2.41. The summed E-state index contributed by atoms with van der Waals surface area (Å²) in [5.74, 6) is 0.122. The third-order valence-electron chi connectivity index (χ3n) is 3.98. The second-order valence-electron chi connectivity index (χ2n) is 7.17. The van der Waals surface area contributed by atoms with Gasteiger partial charge in [0, 0.05) is 19.7 Å². The van der Waals surface area contributed by atoms with Gasteiger partial charge in [-0.25, -0.2) is 9.59 Å². The standard InChI is InChI=1S/C17H29NO4/c1-17(2,3)22-16(21)18(4)12-11-14-7-5-13(6-8-14)9-10-15(19)20/h9-10,13-14H,5-8,11-12H2,1-4H3,(H,19,20)/b10-9+. The molecule has 1 fully saturated rings. The summed E-state index contributed by atoms with van der Waals surface area (Å²) in [4.78, 5) is 24.0. The van der Waals surface area contributed by atoms with Gasteiger partial charge in [-0.2, -0.15) is 0 Å². The molecular formula is C17H29NO4. The Balaban J connectivity index is 2.27. The van der Waals surface area contributed by atoms with Crippen molar-refractivity contribution < 1.29 is 19.4 Å². The predicted octanol–water partition coefficient (Wildman–Crippen LogP) is 3.69. The first-order valence-electron chi connectivity index (χ1n) is 8.02. The summed E-state index contributed by atoms with van der Waals surface area (Å²) in [6.45, 7) is 6.30. The Morgan fingerprint density at radius 2 is 1.82 bits per heavy atom. The molecule has 0 aromatic heterocycles. The molecule has 1 aliphatic carbocycles. The number of aliphatic carboxylic acids is 1. The monoisotopic (exact) mass is 311 g/mol. The maximum Gasteiger partial charge on any atom is 0.410 e. The van der Waals surface area contributed by atoms with Crippen molar-refractivity contribution in [2.24, 2.45) is 11.8 Å². The number of carboxylic acids is 1. The number of carbonyl (C=O) groups is 2. The molecule has 0 aliphatic heterocycles. The molecule has 126 valence electrons. The van der Waals surface area contributed by atoms with Crippen LogP contribution in [-0.4, -0.2) is 41.3 Å². The highest BCUT2D eigenvalue weighted by molar-refractivity contribution is 5.79. The van der Waals surface area contributed by atoms with Gasteiger partial charge in [0.1, 0.15) is 5.60 Å². The second-order valence-corrected chi connectivity index (χ2v) is 7.17. The van der Waals surface area contributed by atoms with E-state index in [0.717, 1.165) is 32.1 Å².